The van der Waals surface area contributed by atoms with Crippen LogP contribution in [0.5, 0.6) is 0 Å². The van der Waals surface area contributed by atoms with Crippen LogP contribution < -0.4 is 5.73 Å². The van der Waals surface area contributed by atoms with E-state index in [1.807, 2.05) is 18.5 Å². The lowest BCUT2D eigenvalue weighted by Gasteiger charge is -1.99. The molecular weight excluding hydrogens is 192 g/mol. The minimum atomic E-state index is 0.188. The number of rotatable bonds is 2. The number of aryl methyl sites for hydroxylation is 2. The zero-order chi connectivity index (χ0) is 11.0. The molecule has 0 amide bonds. The van der Waals surface area contributed by atoms with Gasteiger partial charge in [0.1, 0.15) is 0 Å². The number of hydrogen-bond acceptors (Lipinski definition) is 4. The third kappa shape index (κ3) is 1.49. The molecule has 2 aromatic rings. The van der Waals surface area contributed by atoms with Crippen LogP contribution in [-0.4, -0.2) is 14.8 Å². The number of hydrogen-bond donors (Lipinski definition) is 1. The molecule has 0 fully saturated rings. The molecule has 0 aliphatic rings. The fourth-order valence-electron chi connectivity index (χ4n) is 1.76. The second kappa shape index (κ2) is 3.42. The highest BCUT2D eigenvalue weighted by Gasteiger charge is 2.15. The van der Waals surface area contributed by atoms with E-state index in [4.69, 9.17) is 10.2 Å². The maximum Gasteiger partial charge on any atom is 0.292 e. The second-order valence-corrected chi connectivity index (χ2v) is 3.42. The Labute approximate surface area is 87.9 Å². The molecule has 0 unspecified atom stereocenters. The first-order valence-corrected chi connectivity index (χ1v) is 4.89. The van der Waals surface area contributed by atoms with Crippen LogP contribution >= 0.6 is 0 Å². The molecule has 0 spiro atoms. The Bertz CT molecular complexity index is 484. The molecule has 0 saturated heterocycles. The predicted octanol–water partition coefficient (Wildman–Crippen LogP) is 1.76. The van der Waals surface area contributed by atoms with E-state index in [9.17, 15) is 0 Å². The molecule has 0 radical (unpaired) electrons. The Morgan fingerprint density at radius 1 is 1.47 bits per heavy atom. The molecule has 0 saturated carbocycles. The van der Waals surface area contributed by atoms with Crippen LogP contribution in [-0.2, 0) is 6.54 Å². The molecule has 15 heavy (non-hydrogen) atoms. The molecule has 0 aliphatic carbocycles. The zero-order valence-electron chi connectivity index (χ0n) is 9.11. The molecule has 5 nitrogen and oxygen atoms in total. The molecule has 0 aromatic carbocycles. The molecule has 0 aliphatic heterocycles. The Hall–Kier alpha value is -1.78. The van der Waals surface area contributed by atoms with E-state index in [0.29, 0.717) is 5.76 Å². The summed E-state index contributed by atoms with van der Waals surface area (Å²) in [5.74, 6) is 0.683. The molecule has 80 valence electrons. The first kappa shape index (κ1) is 9.76. The average molecular weight is 206 g/mol. The van der Waals surface area contributed by atoms with Crippen molar-refractivity contribution in [3.63, 3.8) is 0 Å². The summed E-state index contributed by atoms with van der Waals surface area (Å²) < 4.78 is 7.24. The summed E-state index contributed by atoms with van der Waals surface area (Å²) in [6.07, 6.45) is 1.63. The van der Waals surface area contributed by atoms with E-state index in [1.54, 1.807) is 6.20 Å². The average Bonchev–Trinajstić information content (AvgIpc) is 2.71. The molecule has 2 N–H and O–H groups in total. The van der Waals surface area contributed by atoms with Gasteiger partial charge in [0.05, 0.1) is 17.5 Å². The van der Waals surface area contributed by atoms with E-state index in [0.717, 1.165) is 23.5 Å². The van der Waals surface area contributed by atoms with Gasteiger partial charge in [0.2, 0.25) is 0 Å². The van der Waals surface area contributed by atoms with E-state index < -0.39 is 0 Å². The van der Waals surface area contributed by atoms with Gasteiger partial charge in [-0.15, -0.1) is 0 Å². The van der Waals surface area contributed by atoms with E-state index in [-0.39, 0.29) is 6.01 Å². The van der Waals surface area contributed by atoms with Crippen LogP contribution in [0, 0.1) is 13.8 Å². The van der Waals surface area contributed by atoms with Gasteiger partial charge < -0.3 is 10.2 Å². The minimum Gasteiger partial charge on any atom is -0.424 e. The molecule has 2 rings (SSSR count). The number of aromatic nitrogens is 3. The normalized spacial score (nSPS) is 10.9. The van der Waals surface area contributed by atoms with Crippen LogP contribution in [0.1, 0.15) is 18.3 Å². The summed E-state index contributed by atoms with van der Waals surface area (Å²) in [7, 11) is 0. The Balaban J connectivity index is 2.57. The lowest BCUT2D eigenvalue weighted by atomic mass is 10.1. The molecule has 5 heteroatoms. The summed E-state index contributed by atoms with van der Waals surface area (Å²) in [6, 6.07) is 0.188. The molecule has 2 heterocycles. The third-order valence-corrected chi connectivity index (χ3v) is 2.45. The smallest absolute Gasteiger partial charge is 0.292 e. The number of anilines is 1. The van der Waals surface area contributed by atoms with Crippen LogP contribution in [0.4, 0.5) is 6.01 Å². The monoisotopic (exact) mass is 206 g/mol. The molecular formula is C10H14N4O. The van der Waals surface area contributed by atoms with Gasteiger partial charge in [-0.3, -0.25) is 4.68 Å². The highest BCUT2D eigenvalue weighted by Crippen LogP contribution is 2.27. The SMILES string of the molecule is CCn1nc(C)c(-c2cnc(N)o2)c1C. The lowest BCUT2D eigenvalue weighted by molar-refractivity contribution is 0.593. The number of oxazole rings is 1. The summed E-state index contributed by atoms with van der Waals surface area (Å²) >= 11 is 0. The summed E-state index contributed by atoms with van der Waals surface area (Å²) in [5.41, 5.74) is 8.45. The fraction of sp³-hybridized carbons (Fsp3) is 0.400. The maximum absolute atomic E-state index is 5.45. The van der Waals surface area contributed by atoms with Crippen molar-refractivity contribution in [3.8, 4) is 11.3 Å². The topological polar surface area (TPSA) is 69.9 Å². The van der Waals surface area contributed by atoms with Gasteiger partial charge in [-0.25, -0.2) is 4.98 Å². The van der Waals surface area contributed by atoms with Gasteiger partial charge in [0, 0.05) is 12.2 Å². The highest BCUT2D eigenvalue weighted by molar-refractivity contribution is 5.63. The highest BCUT2D eigenvalue weighted by atomic mass is 16.4. The van der Waals surface area contributed by atoms with Gasteiger partial charge >= 0.3 is 0 Å². The second-order valence-electron chi connectivity index (χ2n) is 3.42. The van der Waals surface area contributed by atoms with Crippen molar-refractivity contribution in [2.24, 2.45) is 0 Å². The van der Waals surface area contributed by atoms with Crippen LogP contribution in [0.3, 0.4) is 0 Å². The van der Waals surface area contributed by atoms with E-state index in [1.165, 1.54) is 0 Å². The Kier molecular flexibility index (Phi) is 2.22. The van der Waals surface area contributed by atoms with Crippen molar-refractivity contribution < 1.29 is 4.42 Å². The zero-order valence-corrected chi connectivity index (χ0v) is 9.11. The molecule has 0 atom stereocenters. The van der Waals surface area contributed by atoms with Crippen molar-refractivity contribution >= 4 is 6.01 Å². The maximum atomic E-state index is 5.45. The van der Waals surface area contributed by atoms with Gasteiger partial charge in [-0.05, 0) is 20.8 Å². The quantitative estimate of drug-likeness (QED) is 0.812. The Morgan fingerprint density at radius 2 is 2.20 bits per heavy atom. The summed E-state index contributed by atoms with van der Waals surface area (Å²) in [4.78, 5) is 3.88. The summed E-state index contributed by atoms with van der Waals surface area (Å²) in [5, 5.41) is 4.40. The van der Waals surface area contributed by atoms with Gasteiger partial charge in [-0.2, -0.15) is 5.10 Å². The van der Waals surface area contributed by atoms with Crippen LogP contribution in [0.2, 0.25) is 0 Å². The van der Waals surface area contributed by atoms with Gasteiger partial charge in [-0.1, -0.05) is 0 Å². The first-order chi connectivity index (χ1) is 7.13. The van der Waals surface area contributed by atoms with Crippen molar-refractivity contribution in [2.75, 3.05) is 5.73 Å². The van der Waals surface area contributed by atoms with Crippen molar-refractivity contribution in [2.45, 2.75) is 27.3 Å². The largest absolute Gasteiger partial charge is 0.424 e. The van der Waals surface area contributed by atoms with Crippen molar-refractivity contribution in [3.05, 3.63) is 17.6 Å². The van der Waals surface area contributed by atoms with Crippen LogP contribution in [0.25, 0.3) is 11.3 Å². The minimum absolute atomic E-state index is 0.188. The molecule has 2 aromatic heterocycles. The van der Waals surface area contributed by atoms with E-state index in [2.05, 4.69) is 17.0 Å². The van der Waals surface area contributed by atoms with E-state index >= 15 is 0 Å². The first-order valence-electron chi connectivity index (χ1n) is 4.89. The van der Waals surface area contributed by atoms with Crippen molar-refractivity contribution in [1.82, 2.24) is 14.8 Å². The fourth-order valence-corrected chi connectivity index (χ4v) is 1.76. The molecule has 0 bridgehead atoms. The Morgan fingerprint density at radius 3 is 2.67 bits per heavy atom. The summed E-state index contributed by atoms with van der Waals surface area (Å²) in [6.45, 7) is 6.86. The third-order valence-electron chi connectivity index (χ3n) is 2.45. The number of nitrogen functional groups attached to an aromatic ring is 1. The van der Waals surface area contributed by atoms with Crippen molar-refractivity contribution in [1.29, 1.82) is 0 Å². The van der Waals surface area contributed by atoms with Gasteiger partial charge in [0.25, 0.3) is 6.01 Å². The predicted molar refractivity (Wildman–Crippen MR) is 57.3 cm³/mol. The van der Waals surface area contributed by atoms with Gasteiger partial charge in [0.15, 0.2) is 5.76 Å². The standard InChI is InChI=1S/C10H14N4O/c1-4-14-7(3)9(6(2)13-14)8-5-12-10(11)15-8/h5H,4H2,1-3H3,(H2,11,12). The number of nitrogens with two attached hydrogens (primary N) is 1. The van der Waals surface area contributed by atoms with Crippen LogP contribution in [0.15, 0.2) is 10.6 Å². The lowest BCUT2D eigenvalue weighted by Crippen LogP contribution is -1.98. The number of nitrogens with zero attached hydrogens (tertiary/aromatic N) is 3.